The van der Waals surface area contributed by atoms with Crippen molar-refractivity contribution >= 4 is 33.2 Å². The molecule has 3 nitrogen and oxygen atoms in total. The van der Waals surface area contributed by atoms with Crippen molar-refractivity contribution in [1.29, 1.82) is 0 Å². The highest BCUT2D eigenvalue weighted by Gasteiger charge is 2.05. The molecule has 1 aromatic rings. The average molecular weight is 221 g/mol. The monoisotopic (exact) mass is 220 g/mol. The lowest BCUT2D eigenvalue weighted by molar-refractivity contribution is 0.0959. The number of carbonyl (C=O) groups excluding carboxylic acids is 1. The molecule has 0 atom stereocenters. The largest absolute Gasteiger partial charge is 0.354 e. The van der Waals surface area contributed by atoms with E-state index < -0.39 is 0 Å². The van der Waals surface area contributed by atoms with Crippen LogP contribution in [0.1, 0.15) is 10.5 Å². The lowest BCUT2D eigenvalue weighted by Gasteiger charge is -1.89. The van der Waals surface area contributed by atoms with Crippen LogP contribution in [0.25, 0.3) is 0 Å². The highest BCUT2D eigenvalue weighted by molar-refractivity contribution is 9.11. The van der Waals surface area contributed by atoms with Crippen molar-refractivity contribution in [1.82, 2.24) is 10.3 Å². The lowest BCUT2D eigenvalue weighted by Crippen LogP contribution is -2.17. The Morgan fingerprint density at radius 3 is 3.00 bits per heavy atom. The van der Waals surface area contributed by atoms with Crippen LogP contribution in [0.3, 0.4) is 0 Å². The fourth-order valence-electron chi connectivity index (χ4n) is 0.484. The summed E-state index contributed by atoms with van der Waals surface area (Å²) in [5, 5.41) is 4.18. The topological polar surface area (TPSA) is 42.0 Å². The fraction of sp³-hybridized carbons (Fsp3) is 0.200. The molecule has 0 aliphatic heterocycles. The molecule has 0 aromatic carbocycles. The van der Waals surface area contributed by atoms with Crippen LogP contribution in [0.5, 0.6) is 0 Å². The fourth-order valence-corrected chi connectivity index (χ4v) is 1.48. The van der Waals surface area contributed by atoms with Gasteiger partial charge >= 0.3 is 0 Å². The first-order valence-electron chi connectivity index (χ1n) is 2.57. The van der Waals surface area contributed by atoms with Crippen LogP contribution >= 0.6 is 27.3 Å². The number of amides is 1. The Morgan fingerprint density at radius 2 is 2.60 bits per heavy atom. The Kier molecular flexibility index (Phi) is 2.39. The van der Waals surface area contributed by atoms with E-state index in [-0.39, 0.29) is 5.91 Å². The van der Waals surface area contributed by atoms with Crippen LogP contribution in [-0.4, -0.2) is 17.9 Å². The number of hydrogen-bond donors (Lipinski definition) is 1. The number of halogens is 1. The van der Waals surface area contributed by atoms with Crippen LogP contribution in [0.15, 0.2) is 9.30 Å². The predicted octanol–water partition coefficient (Wildman–Crippen LogP) is 1.27. The highest BCUT2D eigenvalue weighted by atomic mass is 79.9. The van der Waals surface area contributed by atoms with Crippen LogP contribution in [0.2, 0.25) is 0 Å². The standard InChI is InChI=1S/C5H5BrN2OS/c1-7-4(9)3-2-10-5(6)8-3/h2H,1H3,(H,7,9). The second-order valence-corrected chi connectivity index (χ2v) is 3.70. The average Bonchev–Trinajstić information content (AvgIpc) is 2.34. The molecule has 1 amide bonds. The van der Waals surface area contributed by atoms with E-state index in [2.05, 4.69) is 26.2 Å². The second-order valence-electron chi connectivity index (χ2n) is 1.56. The molecule has 1 heterocycles. The Labute approximate surface area is 70.6 Å². The number of nitrogens with one attached hydrogen (secondary N) is 1. The second kappa shape index (κ2) is 3.12. The molecular weight excluding hydrogens is 216 g/mol. The molecule has 0 saturated heterocycles. The minimum atomic E-state index is -0.151. The summed E-state index contributed by atoms with van der Waals surface area (Å²) in [6, 6.07) is 0. The maximum Gasteiger partial charge on any atom is 0.270 e. The number of nitrogens with zero attached hydrogens (tertiary/aromatic N) is 1. The first-order chi connectivity index (χ1) is 4.74. The summed E-state index contributed by atoms with van der Waals surface area (Å²) in [5.74, 6) is -0.151. The van der Waals surface area contributed by atoms with Gasteiger partial charge in [-0.25, -0.2) is 4.98 Å². The number of hydrogen-bond acceptors (Lipinski definition) is 3. The number of thiazole rings is 1. The van der Waals surface area contributed by atoms with Gasteiger partial charge in [0.15, 0.2) is 3.92 Å². The van der Waals surface area contributed by atoms with E-state index in [0.717, 1.165) is 3.92 Å². The molecule has 0 aliphatic carbocycles. The molecule has 0 aliphatic rings. The molecule has 0 radical (unpaired) electrons. The first kappa shape index (κ1) is 7.68. The zero-order chi connectivity index (χ0) is 7.56. The maximum absolute atomic E-state index is 10.8. The maximum atomic E-state index is 10.8. The molecule has 5 heteroatoms. The van der Waals surface area contributed by atoms with Crippen molar-refractivity contribution in [3.8, 4) is 0 Å². The molecule has 0 bridgehead atoms. The van der Waals surface area contributed by atoms with Gasteiger partial charge in [-0.15, -0.1) is 11.3 Å². The SMILES string of the molecule is CNC(=O)c1csc(Br)n1. The Bertz CT molecular complexity index is 248. The smallest absolute Gasteiger partial charge is 0.270 e. The quantitative estimate of drug-likeness (QED) is 0.775. The Balaban J connectivity index is 2.85. The molecule has 54 valence electrons. The zero-order valence-corrected chi connectivity index (χ0v) is 7.62. The third-order valence-corrected chi connectivity index (χ3v) is 2.30. The van der Waals surface area contributed by atoms with Gasteiger partial charge in [0.25, 0.3) is 5.91 Å². The van der Waals surface area contributed by atoms with Gasteiger partial charge < -0.3 is 5.32 Å². The van der Waals surface area contributed by atoms with Gasteiger partial charge in [-0.3, -0.25) is 4.79 Å². The molecule has 1 rings (SSSR count). The normalized spacial score (nSPS) is 9.40. The van der Waals surface area contributed by atoms with Crippen LogP contribution in [0, 0.1) is 0 Å². The van der Waals surface area contributed by atoms with E-state index >= 15 is 0 Å². The molecule has 0 unspecified atom stereocenters. The van der Waals surface area contributed by atoms with Gasteiger partial charge in [0.2, 0.25) is 0 Å². The molecular formula is C5H5BrN2OS. The van der Waals surface area contributed by atoms with Crippen molar-refractivity contribution in [3.63, 3.8) is 0 Å². The van der Waals surface area contributed by atoms with Gasteiger partial charge in [-0.1, -0.05) is 0 Å². The summed E-state index contributed by atoms with van der Waals surface area (Å²) in [4.78, 5) is 14.7. The molecule has 0 spiro atoms. The third-order valence-electron chi connectivity index (χ3n) is 0.936. The van der Waals surface area contributed by atoms with E-state index in [4.69, 9.17) is 0 Å². The zero-order valence-electron chi connectivity index (χ0n) is 5.22. The molecule has 1 aromatic heterocycles. The minimum absolute atomic E-state index is 0.151. The van der Waals surface area contributed by atoms with Crippen molar-refractivity contribution < 1.29 is 4.79 Å². The summed E-state index contributed by atoms with van der Waals surface area (Å²) in [5.41, 5.74) is 0.458. The van der Waals surface area contributed by atoms with Gasteiger partial charge in [0.05, 0.1) is 0 Å². The van der Waals surface area contributed by atoms with Crippen LogP contribution in [0.4, 0.5) is 0 Å². The molecule has 0 fully saturated rings. The predicted molar refractivity (Wildman–Crippen MR) is 43.2 cm³/mol. The van der Waals surface area contributed by atoms with Gasteiger partial charge in [-0.2, -0.15) is 0 Å². The van der Waals surface area contributed by atoms with Crippen molar-refractivity contribution in [2.24, 2.45) is 0 Å². The van der Waals surface area contributed by atoms with Crippen LogP contribution in [-0.2, 0) is 0 Å². The van der Waals surface area contributed by atoms with E-state index in [0.29, 0.717) is 5.69 Å². The summed E-state index contributed by atoms with van der Waals surface area (Å²) < 4.78 is 0.728. The first-order valence-corrected chi connectivity index (χ1v) is 4.24. The van der Waals surface area contributed by atoms with Gasteiger partial charge in [-0.05, 0) is 15.9 Å². The number of aromatic nitrogens is 1. The summed E-state index contributed by atoms with van der Waals surface area (Å²) in [6.07, 6.45) is 0. The molecule has 10 heavy (non-hydrogen) atoms. The van der Waals surface area contributed by atoms with Crippen molar-refractivity contribution in [3.05, 3.63) is 15.0 Å². The third kappa shape index (κ3) is 1.54. The summed E-state index contributed by atoms with van der Waals surface area (Å²) >= 11 is 4.55. The summed E-state index contributed by atoms with van der Waals surface area (Å²) in [6.45, 7) is 0. The van der Waals surface area contributed by atoms with E-state index in [1.165, 1.54) is 11.3 Å². The Morgan fingerprint density at radius 1 is 1.90 bits per heavy atom. The highest BCUT2D eigenvalue weighted by Crippen LogP contribution is 2.15. The van der Waals surface area contributed by atoms with E-state index in [1.807, 2.05) is 0 Å². The van der Waals surface area contributed by atoms with E-state index in [1.54, 1.807) is 12.4 Å². The van der Waals surface area contributed by atoms with Crippen molar-refractivity contribution in [2.75, 3.05) is 7.05 Å². The van der Waals surface area contributed by atoms with E-state index in [9.17, 15) is 4.79 Å². The summed E-state index contributed by atoms with van der Waals surface area (Å²) in [7, 11) is 1.58. The number of carbonyl (C=O) groups is 1. The van der Waals surface area contributed by atoms with Crippen molar-refractivity contribution in [2.45, 2.75) is 0 Å². The van der Waals surface area contributed by atoms with Crippen LogP contribution < -0.4 is 5.32 Å². The minimum Gasteiger partial charge on any atom is -0.354 e. The van der Waals surface area contributed by atoms with Gasteiger partial charge in [0, 0.05) is 12.4 Å². The number of rotatable bonds is 1. The molecule has 1 N–H and O–H groups in total. The molecule has 0 saturated carbocycles. The lowest BCUT2D eigenvalue weighted by atomic mass is 10.5. The van der Waals surface area contributed by atoms with Gasteiger partial charge in [0.1, 0.15) is 5.69 Å². The Hall–Kier alpha value is -0.420.